The fourth-order valence-corrected chi connectivity index (χ4v) is 1.77. The average Bonchev–Trinajstić information content (AvgIpc) is 2.41. The lowest BCUT2D eigenvalue weighted by atomic mass is 10.1. The Hall–Kier alpha value is -2.36. The van der Waals surface area contributed by atoms with Crippen LogP contribution in [0.2, 0.25) is 0 Å². The van der Waals surface area contributed by atoms with Gasteiger partial charge in [-0.3, -0.25) is 9.59 Å². The molecule has 1 amide bonds. The van der Waals surface area contributed by atoms with Gasteiger partial charge in [-0.15, -0.1) is 0 Å². The van der Waals surface area contributed by atoms with E-state index in [0.29, 0.717) is 11.1 Å². The predicted octanol–water partition coefficient (Wildman–Crippen LogP) is 1.62. The molecule has 19 heavy (non-hydrogen) atoms. The van der Waals surface area contributed by atoms with Gasteiger partial charge in [0.25, 0.3) is 11.5 Å². The summed E-state index contributed by atoms with van der Waals surface area (Å²) in [5.41, 5.74) is 2.18. The smallest absolute Gasteiger partial charge is 0.255 e. The zero-order valence-corrected chi connectivity index (χ0v) is 11.0. The molecular formula is C15H16N2O2. The van der Waals surface area contributed by atoms with Crippen LogP contribution < -0.4 is 10.9 Å². The summed E-state index contributed by atoms with van der Waals surface area (Å²) in [5, 5.41) is 2.75. The van der Waals surface area contributed by atoms with Gasteiger partial charge in [-0.1, -0.05) is 23.8 Å². The molecule has 1 heterocycles. The van der Waals surface area contributed by atoms with Crippen molar-refractivity contribution in [2.75, 3.05) is 0 Å². The van der Waals surface area contributed by atoms with Gasteiger partial charge in [0.2, 0.25) is 0 Å². The Morgan fingerprint density at radius 2 is 1.89 bits per heavy atom. The Morgan fingerprint density at radius 3 is 2.58 bits per heavy atom. The first-order valence-corrected chi connectivity index (χ1v) is 6.07. The summed E-state index contributed by atoms with van der Waals surface area (Å²) in [6, 6.07) is 10.8. The minimum absolute atomic E-state index is 0.0910. The standard InChI is InChI=1S/C15H16N2O2/c1-11-5-7-12(8-6-11)14(18)16-10-13-4-3-9-17(2)15(13)19/h3-9H,10H2,1-2H3,(H,16,18). The third-order valence-electron chi connectivity index (χ3n) is 2.96. The Labute approximate surface area is 111 Å². The van der Waals surface area contributed by atoms with Crippen molar-refractivity contribution in [3.63, 3.8) is 0 Å². The number of aryl methyl sites for hydroxylation is 2. The highest BCUT2D eigenvalue weighted by Gasteiger charge is 2.06. The van der Waals surface area contributed by atoms with E-state index in [9.17, 15) is 9.59 Å². The van der Waals surface area contributed by atoms with Crippen LogP contribution in [0.5, 0.6) is 0 Å². The number of hydrogen-bond donors (Lipinski definition) is 1. The van der Waals surface area contributed by atoms with Crippen molar-refractivity contribution in [3.05, 3.63) is 69.6 Å². The van der Waals surface area contributed by atoms with Crippen LogP contribution in [-0.4, -0.2) is 10.5 Å². The van der Waals surface area contributed by atoms with Crippen LogP contribution >= 0.6 is 0 Å². The van der Waals surface area contributed by atoms with Crippen molar-refractivity contribution >= 4 is 5.91 Å². The van der Waals surface area contributed by atoms with Crippen LogP contribution in [0.3, 0.4) is 0 Å². The van der Waals surface area contributed by atoms with Gasteiger partial charge < -0.3 is 9.88 Å². The summed E-state index contributed by atoms with van der Waals surface area (Å²) in [7, 11) is 1.69. The number of rotatable bonds is 3. The van der Waals surface area contributed by atoms with Crippen molar-refractivity contribution in [2.45, 2.75) is 13.5 Å². The summed E-state index contributed by atoms with van der Waals surface area (Å²) in [6.45, 7) is 2.20. The molecule has 0 radical (unpaired) electrons. The molecule has 1 N–H and O–H groups in total. The van der Waals surface area contributed by atoms with Gasteiger partial charge in [0.1, 0.15) is 0 Å². The first kappa shape index (κ1) is 13.1. The zero-order chi connectivity index (χ0) is 13.8. The predicted molar refractivity (Wildman–Crippen MR) is 74.0 cm³/mol. The largest absolute Gasteiger partial charge is 0.348 e. The highest BCUT2D eigenvalue weighted by Crippen LogP contribution is 2.03. The van der Waals surface area contributed by atoms with Crippen molar-refractivity contribution in [1.29, 1.82) is 0 Å². The summed E-state index contributed by atoms with van der Waals surface area (Å²) in [6.07, 6.45) is 1.69. The molecule has 0 spiro atoms. The normalized spacial score (nSPS) is 10.2. The molecule has 0 atom stereocenters. The van der Waals surface area contributed by atoms with E-state index in [-0.39, 0.29) is 18.0 Å². The molecule has 1 aromatic carbocycles. The highest BCUT2D eigenvalue weighted by atomic mass is 16.1. The maximum atomic E-state index is 11.9. The summed E-state index contributed by atoms with van der Waals surface area (Å²) in [5.74, 6) is -0.175. The van der Waals surface area contributed by atoms with Crippen LogP contribution in [0, 0.1) is 6.92 Å². The van der Waals surface area contributed by atoms with Crippen molar-refractivity contribution < 1.29 is 4.79 Å². The van der Waals surface area contributed by atoms with Crippen LogP contribution in [0.4, 0.5) is 0 Å². The van der Waals surface area contributed by atoms with E-state index < -0.39 is 0 Å². The number of aromatic nitrogens is 1. The second-order valence-electron chi connectivity index (χ2n) is 4.50. The summed E-state index contributed by atoms with van der Waals surface area (Å²) >= 11 is 0. The first-order chi connectivity index (χ1) is 9.08. The molecule has 4 heteroatoms. The molecule has 0 bridgehead atoms. The van der Waals surface area contributed by atoms with Gasteiger partial charge in [0.05, 0.1) is 0 Å². The van der Waals surface area contributed by atoms with E-state index >= 15 is 0 Å². The Balaban J connectivity index is 2.06. The second-order valence-corrected chi connectivity index (χ2v) is 4.50. The zero-order valence-electron chi connectivity index (χ0n) is 11.0. The molecule has 98 valence electrons. The fourth-order valence-electron chi connectivity index (χ4n) is 1.77. The monoisotopic (exact) mass is 256 g/mol. The van der Waals surface area contributed by atoms with Crippen molar-refractivity contribution in [3.8, 4) is 0 Å². The maximum absolute atomic E-state index is 11.9. The molecule has 0 aliphatic heterocycles. The molecule has 0 saturated heterocycles. The van der Waals surface area contributed by atoms with Gasteiger partial charge in [0.15, 0.2) is 0 Å². The second kappa shape index (κ2) is 5.52. The highest BCUT2D eigenvalue weighted by molar-refractivity contribution is 5.94. The first-order valence-electron chi connectivity index (χ1n) is 6.07. The van der Waals surface area contributed by atoms with Crippen LogP contribution in [-0.2, 0) is 13.6 Å². The Kier molecular flexibility index (Phi) is 3.80. The molecule has 4 nitrogen and oxygen atoms in total. The van der Waals surface area contributed by atoms with Gasteiger partial charge in [-0.25, -0.2) is 0 Å². The van der Waals surface area contributed by atoms with E-state index in [1.165, 1.54) is 4.57 Å². The van der Waals surface area contributed by atoms with Crippen molar-refractivity contribution in [2.24, 2.45) is 7.05 Å². The maximum Gasteiger partial charge on any atom is 0.255 e. The Bertz CT molecular complexity index is 642. The molecule has 0 fully saturated rings. The number of nitrogens with zero attached hydrogens (tertiary/aromatic N) is 1. The number of pyridine rings is 1. The SMILES string of the molecule is Cc1ccc(C(=O)NCc2cccn(C)c2=O)cc1. The molecule has 0 aliphatic carbocycles. The van der Waals surface area contributed by atoms with E-state index in [1.54, 1.807) is 37.5 Å². The molecule has 0 aliphatic rings. The quantitative estimate of drug-likeness (QED) is 0.907. The van der Waals surface area contributed by atoms with E-state index in [0.717, 1.165) is 5.56 Å². The van der Waals surface area contributed by atoms with Crippen LogP contribution in [0.25, 0.3) is 0 Å². The minimum Gasteiger partial charge on any atom is -0.348 e. The fraction of sp³-hybridized carbons (Fsp3) is 0.200. The number of nitrogens with one attached hydrogen (secondary N) is 1. The lowest BCUT2D eigenvalue weighted by Gasteiger charge is -2.06. The molecule has 0 unspecified atom stereocenters. The van der Waals surface area contributed by atoms with Crippen molar-refractivity contribution in [1.82, 2.24) is 9.88 Å². The third-order valence-corrected chi connectivity index (χ3v) is 2.96. The number of carbonyl (C=O) groups is 1. The van der Waals surface area contributed by atoms with Gasteiger partial charge >= 0.3 is 0 Å². The number of carbonyl (C=O) groups excluding carboxylic acids is 1. The van der Waals surface area contributed by atoms with Gasteiger partial charge in [0, 0.05) is 30.9 Å². The van der Waals surface area contributed by atoms with E-state index in [1.807, 2.05) is 19.1 Å². The molecule has 0 saturated carbocycles. The average molecular weight is 256 g/mol. The molecule has 2 rings (SSSR count). The minimum atomic E-state index is -0.175. The summed E-state index contributed by atoms with van der Waals surface area (Å²) in [4.78, 5) is 23.7. The molecule has 2 aromatic rings. The number of hydrogen-bond acceptors (Lipinski definition) is 2. The number of benzene rings is 1. The summed E-state index contributed by atoms with van der Waals surface area (Å²) < 4.78 is 1.49. The number of amides is 1. The van der Waals surface area contributed by atoms with Gasteiger partial charge in [-0.2, -0.15) is 0 Å². The molecular weight excluding hydrogens is 240 g/mol. The Morgan fingerprint density at radius 1 is 1.21 bits per heavy atom. The topological polar surface area (TPSA) is 51.1 Å². The third kappa shape index (κ3) is 3.10. The van der Waals surface area contributed by atoms with Gasteiger partial charge in [-0.05, 0) is 25.1 Å². The van der Waals surface area contributed by atoms with E-state index in [2.05, 4.69) is 5.32 Å². The van der Waals surface area contributed by atoms with E-state index in [4.69, 9.17) is 0 Å². The lowest BCUT2D eigenvalue weighted by Crippen LogP contribution is -2.28. The van der Waals surface area contributed by atoms with Crippen LogP contribution in [0.1, 0.15) is 21.5 Å². The molecule has 1 aromatic heterocycles. The lowest BCUT2D eigenvalue weighted by molar-refractivity contribution is 0.0950. The van der Waals surface area contributed by atoms with Crippen LogP contribution in [0.15, 0.2) is 47.4 Å².